The summed E-state index contributed by atoms with van der Waals surface area (Å²) in [6.45, 7) is 0. The monoisotopic (exact) mass is 266 g/mol. The van der Waals surface area contributed by atoms with Gasteiger partial charge in [0.05, 0.1) is 5.51 Å². The third-order valence-corrected chi connectivity index (χ3v) is 4.18. The van der Waals surface area contributed by atoms with E-state index in [1.54, 1.807) is 11.3 Å². The molecule has 17 heavy (non-hydrogen) atoms. The second-order valence-corrected chi connectivity index (χ2v) is 5.49. The van der Waals surface area contributed by atoms with E-state index in [9.17, 15) is 0 Å². The van der Waals surface area contributed by atoms with Gasteiger partial charge in [0, 0.05) is 11.4 Å². The zero-order valence-electron chi connectivity index (χ0n) is 9.43. The average molecular weight is 266 g/mol. The molecule has 1 aliphatic carbocycles. The summed E-state index contributed by atoms with van der Waals surface area (Å²) in [4.78, 5) is 4.32. The van der Waals surface area contributed by atoms with Gasteiger partial charge in [-0.25, -0.2) is 4.98 Å². The van der Waals surface area contributed by atoms with E-state index < -0.39 is 0 Å². The first-order valence-electron chi connectivity index (χ1n) is 5.92. The molecule has 1 fully saturated rings. The molecule has 4 nitrogen and oxygen atoms in total. The molecule has 0 saturated heterocycles. The summed E-state index contributed by atoms with van der Waals surface area (Å²) in [7, 11) is 0. The van der Waals surface area contributed by atoms with Crippen LogP contribution in [0.1, 0.15) is 38.1 Å². The molecule has 0 amide bonds. The van der Waals surface area contributed by atoms with Crippen molar-refractivity contribution >= 4 is 23.6 Å². The second kappa shape index (κ2) is 4.70. The van der Waals surface area contributed by atoms with Crippen LogP contribution in [0.4, 0.5) is 0 Å². The van der Waals surface area contributed by atoms with E-state index in [4.69, 9.17) is 12.2 Å². The summed E-state index contributed by atoms with van der Waals surface area (Å²) in [6.07, 6.45) is 6.31. The number of H-pyrrole nitrogens is 1. The maximum atomic E-state index is 5.35. The topological polar surface area (TPSA) is 46.5 Å². The number of thiazole rings is 1. The molecule has 0 bridgehead atoms. The van der Waals surface area contributed by atoms with Crippen LogP contribution >= 0.6 is 23.6 Å². The fourth-order valence-electron chi connectivity index (χ4n) is 2.49. The van der Waals surface area contributed by atoms with Crippen LogP contribution in [0, 0.1) is 4.77 Å². The molecule has 2 aromatic rings. The molecule has 2 aromatic heterocycles. The molecule has 90 valence electrons. The van der Waals surface area contributed by atoms with Crippen LogP contribution in [0.5, 0.6) is 0 Å². The van der Waals surface area contributed by atoms with Crippen LogP contribution in [0.25, 0.3) is 11.5 Å². The van der Waals surface area contributed by atoms with Crippen molar-refractivity contribution in [2.45, 2.75) is 38.1 Å². The van der Waals surface area contributed by atoms with E-state index in [0.29, 0.717) is 6.04 Å². The van der Waals surface area contributed by atoms with Crippen molar-refractivity contribution in [2.24, 2.45) is 0 Å². The molecule has 0 spiro atoms. The molecule has 0 unspecified atom stereocenters. The zero-order chi connectivity index (χ0) is 11.7. The SMILES string of the molecule is S=c1[nH]nc(-c2cscn2)n1C1CCCCC1. The van der Waals surface area contributed by atoms with E-state index in [1.165, 1.54) is 32.1 Å². The van der Waals surface area contributed by atoms with E-state index in [0.717, 1.165) is 16.3 Å². The van der Waals surface area contributed by atoms with Crippen LogP contribution in [0.3, 0.4) is 0 Å². The first kappa shape index (κ1) is 11.1. The summed E-state index contributed by atoms with van der Waals surface area (Å²) < 4.78 is 2.88. The van der Waals surface area contributed by atoms with Gasteiger partial charge >= 0.3 is 0 Å². The Morgan fingerprint density at radius 2 is 2.18 bits per heavy atom. The Kier molecular flexibility index (Phi) is 3.07. The van der Waals surface area contributed by atoms with Gasteiger partial charge in [0.1, 0.15) is 5.69 Å². The first-order valence-corrected chi connectivity index (χ1v) is 7.27. The van der Waals surface area contributed by atoms with Crippen molar-refractivity contribution in [2.75, 3.05) is 0 Å². The van der Waals surface area contributed by atoms with Crippen LogP contribution in [0.2, 0.25) is 0 Å². The summed E-state index contributed by atoms with van der Waals surface area (Å²) >= 11 is 6.93. The van der Waals surface area contributed by atoms with Gasteiger partial charge in [0.2, 0.25) is 0 Å². The minimum absolute atomic E-state index is 0.492. The molecule has 3 rings (SSSR count). The first-order chi connectivity index (χ1) is 8.36. The molecule has 0 atom stereocenters. The maximum absolute atomic E-state index is 5.35. The number of nitrogens with one attached hydrogen (secondary N) is 1. The fourth-order valence-corrected chi connectivity index (χ4v) is 3.30. The maximum Gasteiger partial charge on any atom is 0.195 e. The van der Waals surface area contributed by atoms with Gasteiger partial charge in [-0.15, -0.1) is 11.3 Å². The third-order valence-electron chi connectivity index (χ3n) is 3.31. The highest BCUT2D eigenvalue weighted by atomic mass is 32.1. The van der Waals surface area contributed by atoms with Crippen molar-refractivity contribution in [1.82, 2.24) is 19.7 Å². The molecule has 2 heterocycles. The Balaban J connectivity index is 2.03. The fraction of sp³-hybridized carbons (Fsp3) is 0.545. The molecule has 0 radical (unpaired) electrons. The van der Waals surface area contributed by atoms with Gasteiger partial charge in [-0.3, -0.25) is 9.67 Å². The van der Waals surface area contributed by atoms with Gasteiger partial charge in [0.15, 0.2) is 10.6 Å². The quantitative estimate of drug-likeness (QED) is 0.845. The Labute approximate surface area is 109 Å². The number of aromatic amines is 1. The van der Waals surface area contributed by atoms with Crippen molar-refractivity contribution in [3.8, 4) is 11.5 Å². The number of hydrogen-bond acceptors (Lipinski definition) is 4. The summed E-state index contributed by atoms with van der Waals surface area (Å²) in [5, 5.41) is 9.24. The summed E-state index contributed by atoms with van der Waals surface area (Å²) in [5.74, 6) is 0.892. The zero-order valence-corrected chi connectivity index (χ0v) is 11.1. The number of aromatic nitrogens is 4. The number of hydrogen-bond donors (Lipinski definition) is 1. The van der Waals surface area contributed by atoms with Crippen LogP contribution in [0.15, 0.2) is 10.9 Å². The lowest BCUT2D eigenvalue weighted by Crippen LogP contribution is -2.14. The molecule has 1 aliphatic rings. The highest BCUT2D eigenvalue weighted by Crippen LogP contribution is 2.31. The predicted octanol–water partition coefficient (Wildman–Crippen LogP) is 3.57. The van der Waals surface area contributed by atoms with Crippen LogP contribution < -0.4 is 0 Å². The lowest BCUT2D eigenvalue weighted by molar-refractivity contribution is 0.352. The Morgan fingerprint density at radius 3 is 2.88 bits per heavy atom. The van der Waals surface area contributed by atoms with Crippen LogP contribution in [-0.2, 0) is 0 Å². The van der Waals surface area contributed by atoms with Crippen molar-refractivity contribution < 1.29 is 0 Å². The van der Waals surface area contributed by atoms with E-state index in [2.05, 4.69) is 19.7 Å². The molecule has 0 aliphatic heterocycles. The van der Waals surface area contributed by atoms with Crippen molar-refractivity contribution in [3.05, 3.63) is 15.7 Å². The lowest BCUT2D eigenvalue weighted by atomic mass is 9.95. The predicted molar refractivity (Wildman–Crippen MR) is 70.6 cm³/mol. The summed E-state index contributed by atoms with van der Waals surface area (Å²) in [5.41, 5.74) is 2.76. The Bertz CT molecular complexity index is 534. The van der Waals surface area contributed by atoms with Gasteiger partial charge in [-0.2, -0.15) is 5.10 Å². The molecular weight excluding hydrogens is 252 g/mol. The van der Waals surface area contributed by atoms with E-state index >= 15 is 0 Å². The molecular formula is C11H14N4S2. The van der Waals surface area contributed by atoms with Gasteiger partial charge < -0.3 is 0 Å². The van der Waals surface area contributed by atoms with E-state index in [-0.39, 0.29) is 0 Å². The smallest absolute Gasteiger partial charge is 0.195 e. The second-order valence-electron chi connectivity index (χ2n) is 4.39. The largest absolute Gasteiger partial charge is 0.296 e. The van der Waals surface area contributed by atoms with Gasteiger partial charge in [-0.05, 0) is 25.1 Å². The average Bonchev–Trinajstić information content (AvgIpc) is 2.98. The summed E-state index contributed by atoms with van der Waals surface area (Å²) in [6, 6.07) is 0.492. The number of rotatable bonds is 2. The highest BCUT2D eigenvalue weighted by Gasteiger charge is 2.21. The lowest BCUT2D eigenvalue weighted by Gasteiger charge is -2.23. The number of nitrogens with zero attached hydrogens (tertiary/aromatic N) is 3. The molecule has 1 N–H and O–H groups in total. The minimum Gasteiger partial charge on any atom is -0.296 e. The van der Waals surface area contributed by atoms with Crippen molar-refractivity contribution in [3.63, 3.8) is 0 Å². The van der Waals surface area contributed by atoms with Gasteiger partial charge in [-0.1, -0.05) is 19.3 Å². The minimum atomic E-state index is 0.492. The molecule has 6 heteroatoms. The Morgan fingerprint density at radius 1 is 1.35 bits per heavy atom. The molecule has 0 aromatic carbocycles. The normalized spacial score (nSPS) is 17.4. The van der Waals surface area contributed by atoms with Crippen molar-refractivity contribution in [1.29, 1.82) is 0 Å². The highest BCUT2D eigenvalue weighted by molar-refractivity contribution is 7.71. The third kappa shape index (κ3) is 2.07. The molecule has 1 saturated carbocycles. The van der Waals surface area contributed by atoms with E-state index in [1.807, 2.05) is 10.9 Å². The standard InChI is InChI=1S/C11H14N4S2/c16-11-14-13-10(9-6-17-7-12-9)15(11)8-4-2-1-3-5-8/h6-8H,1-5H2,(H,14,16). The van der Waals surface area contributed by atoms with Gasteiger partial charge in [0.25, 0.3) is 0 Å². The Hall–Kier alpha value is -1.01. The van der Waals surface area contributed by atoms with Crippen LogP contribution in [-0.4, -0.2) is 19.7 Å².